The summed E-state index contributed by atoms with van der Waals surface area (Å²) in [5.74, 6) is 0.544. The quantitative estimate of drug-likeness (QED) is 0.769. The van der Waals surface area contributed by atoms with E-state index in [1.807, 2.05) is 30.7 Å². The van der Waals surface area contributed by atoms with Crippen molar-refractivity contribution in [3.63, 3.8) is 0 Å². The maximum atomic E-state index is 12.9. The average molecular weight is 384 g/mol. The number of aryl methyl sites for hydroxylation is 1. The molecule has 1 amide bonds. The van der Waals surface area contributed by atoms with Crippen LogP contribution in [0.25, 0.3) is 0 Å². The summed E-state index contributed by atoms with van der Waals surface area (Å²) in [4.78, 5) is 19.1. The van der Waals surface area contributed by atoms with Crippen molar-refractivity contribution in [1.82, 2.24) is 19.6 Å². The lowest BCUT2D eigenvalue weighted by Gasteiger charge is -2.32. The summed E-state index contributed by atoms with van der Waals surface area (Å²) in [6.07, 6.45) is 2.60. The van der Waals surface area contributed by atoms with Gasteiger partial charge in [0.2, 0.25) is 5.91 Å². The van der Waals surface area contributed by atoms with Gasteiger partial charge in [0.25, 0.3) is 0 Å². The Morgan fingerprint density at radius 3 is 2.54 bits per heavy atom. The number of piperidine rings is 1. The Kier molecular flexibility index (Phi) is 6.39. The lowest BCUT2D eigenvalue weighted by Crippen LogP contribution is -2.40. The molecule has 1 aliphatic rings. The van der Waals surface area contributed by atoms with Crippen LogP contribution in [0.5, 0.6) is 0 Å². The Bertz CT molecular complexity index is 794. The van der Waals surface area contributed by atoms with Gasteiger partial charge in [-0.2, -0.15) is 5.10 Å². The number of benzene rings is 1. The molecule has 2 heterocycles. The molecule has 0 N–H and O–H groups in total. The molecule has 0 radical (unpaired) electrons. The first-order valence-electron chi connectivity index (χ1n) is 10.0. The molecule has 1 saturated heterocycles. The first-order valence-corrected chi connectivity index (χ1v) is 10.0. The fourth-order valence-electron chi connectivity index (χ4n) is 3.85. The summed E-state index contributed by atoms with van der Waals surface area (Å²) < 4.78 is 1.97. The minimum atomic E-state index is 0.215. The van der Waals surface area contributed by atoms with Gasteiger partial charge in [-0.3, -0.25) is 9.48 Å². The third-order valence-corrected chi connectivity index (χ3v) is 5.47. The van der Waals surface area contributed by atoms with Gasteiger partial charge in [0.1, 0.15) is 0 Å². The topological polar surface area (TPSA) is 44.6 Å². The predicted molar refractivity (Wildman–Crippen MR) is 114 cm³/mol. The van der Waals surface area contributed by atoms with Crippen molar-refractivity contribution in [2.45, 2.75) is 31.7 Å². The van der Waals surface area contributed by atoms with E-state index < -0.39 is 0 Å². The van der Waals surface area contributed by atoms with Crippen LogP contribution in [0, 0.1) is 0 Å². The summed E-state index contributed by atoms with van der Waals surface area (Å²) in [5, 5.41) is 4.74. The summed E-state index contributed by atoms with van der Waals surface area (Å²) in [6, 6.07) is 10.5. The van der Waals surface area contributed by atoms with Crippen molar-refractivity contribution in [1.29, 1.82) is 0 Å². The second-order valence-corrected chi connectivity index (χ2v) is 8.34. The molecule has 2 aromatic rings. The fraction of sp³-hybridized carbons (Fsp3) is 0.545. The summed E-state index contributed by atoms with van der Waals surface area (Å²) in [6.45, 7) is 2.50. The highest BCUT2D eigenvalue weighted by Crippen LogP contribution is 2.27. The van der Waals surface area contributed by atoms with Crippen LogP contribution < -0.4 is 4.90 Å². The second kappa shape index (κ2) is 8.78. The van der Waals surface area contributed by atoms with E-state index >= 15 is 0 Å². The number of rotatable bonds is 6. The van der Waals surface area contributed by atoms with Crippen LogP contribution in [-0.2, 0) is 24.8 Å². The SMILES string of the molecule is CN(C)Cc1cc(C2CCCN(C(=O)Cc3ccc(N(C)C)cc3)C2)nn1C. The Morgan fingerprint density at radius 1 is 1.18 bits per heavy atom. The van der Waals surface area contributed by atoms with E-state index in [4.69, 9.17) is 5.10 Å². The Labute approximate surface area is 168 Å². The molecule has 0 aliphatic carbocycles. The zero-order valence-electron chi connectivity index (χ0n) is 17.9. The molecule has 6 heteroatoms. The zero-order valence-corrected chi connectivity index (χ0v) is 17.9. The number of likely N-dealkylation sites (tertiary alicyclic amines) is 1. The molecule has 6 nitrogen and oxygen atoms in total. The average Bonchev–Trinajstić information content (AvgIpc) is 3.02. The normalized spacial score (nSPS) is 17.2. The number of carbonyl (C=O) groups excluding carboxylic acids is 1. The number of hydrogen-bond acceptors (Lipinski definition) is 4. The highest BCUT2D eigenvalue weighted by atomic mass is 16.2. The van der Waals surface area contributed by atoms with Crippen LogP contribution in [0.2, 0.25) is 0 Å². The predicted octanol–water partition coefficient (Wildman–Crippen LogP) is 2.50. The van der Waals surface area contributed by atoms with Gasteiger partial charge < -0.3 is 14.7 Å². The van der Waals surface area contributed by atoms with Crippen LogP contribution in [0.15, 0.2) is 30.3 Å². The number of carbonyl (C=O) groups is 1. The second-order valence-electron chi connectivity index (χ2n) is 8.34. The fourth-order valence-corrected chi connectivity index (χ4v) is 3.85. The van der Waals surface area contributed by atoms with E-state index in [0.29, 0.717) is 12.3 Å². The molecular weight excluding hydrogens is 350 g/mol. The first kappa shape index (κ1) is 20.4. The molecular formula is C22H33N5O. The molecule has 152 valence electrons. The maximum Gasteiger partial charge on any atom is 0.227 e. The molecule has 1 atom stereocenters. The Morgan fingerprint density at radius 2 is 1.89 bits per heavy atom. The van der Waals surface area contributed by atoms with E-state index in [-0.39, 0.29) is 5.91 Å². The van der Waals surface area contributed by atoms with Crippen LogP contribution in [-0.4, -0.2) is 66.8 Å². The lowest BCUT2D eigenvalue weighted by atomic mass is 9.94. The highest BCUT2D eigenvalue weighted by Gasteiger charge is 2.27. The first-order chi connectivity index (χ1) is 13.3. The molecule has 28 heavy (non-hydrogen) atoms. The van der Waals surface area contributed by atoms with Gasteiger partial charge in [-0.25, -0.2) is 0 Å². The van der Waals surface area contributed by atoms with Crippen molar-refractivity contribution in [2.24, 2.45) is 7.05 Å². The van der Waals surface area contributed by atoms with Gasteiger partial charge in [-0.1, -0.05) is 12.1 Å². The third-order valence-electron chi connectivity index (χ3n) is 5.47. The van der Waals surface area contributed by atoms with Gasteiger partial charge in [0, 0.05) is 52.4 Å². The number of amides is 1. The third kappa shape index (κ3) is 4.93. The highest BCUT2D eigenvalue weighted by molar-refractivity contribution is 5.79. The number of anilines is 1. The smallest absolute Gasteiger partial charge is 0.227 e. The van der Waals surface area contributed by atoms with Crippen LogP contribution in [0.1, 0.15) is 35.7 Å². The molecule has 0 spiro atoms. The minimum absolute atomic E-state index is 0.215. The maximum absolute atomic E-state index is 12.9. The molecule has 1 aromatic carbocycles. The van der Waals surface area contributed by atoms with Crippen molar-refractivity contribution in [3.05, 3.63) is 47.3 Å². The number of aromatic nitrogens is 2. The molecule has 0 bridgehead atoms. The van der Waals surface area contributed by atoms with Gasteiger partial charge in [-0.15, -0.1) is 0 Å². The van der Waals surface area contributed by atoms with Crippen molar-refractivity contribution in [2.75, 3.05) is 46.2 Å². The molecule has 1 unspecified atom stereocenters. The molecule has 1 aromatic heterocycles. The molecule has 0 saturated carbocycles. The monoisotopic (exact) mass is 383 g/mol. The lowest BCUT2D eigenvalue weighted by molar-refractivity contribution is -0.131. The Hall–Kier alpha value is -2.34. The van der Waals surface area contributed by atoms with E-state index in [9.17, 15) is 4.79 Å². The Balaban J connectivity index is 1.63. The number of hydrogen-bond donors (Lipinski definition) is 0. The minimum Gasteiger partial charge on any atom is -0.378 e. The van der Waals surface area contributed by atoms with Crippen LogP contribution in [0.4, 0.5) is 5.69 Å². The number of nitrogens with zero attached hydrogens (tertiary/aromatic N) is 5. The van der Waals surface area contributed by atoms with Gasteiger partial charge in [-0.05, 0) is 50.7 Å². The molecule has 3 rings (SSSR count). The zero-order chi connectivity index (χ0) is 20.3. The largest absolute Gasteiger partial charge is 0.378 e. The molecule has 1 fully saturated rings. The van der Waals surface area contributed by atoms with Crippen molar-refractivity contribution in [3.8, 4) is 0 Å². The van der Waals surface area contributed by atoms with E-state index in [1.54, 1.807) is 0 Å². The van der Waals surface area contributed by atoms with Crippen LogP contribution in [0.3, 0.4) is 0 Å². The van der Waals surface area contributed by atoms with Gasteiger partial charge >= 0.3 is 0 Å². The van der Waals surface area contributed by atoms with E-state index in [1.165, 1.54) is 5.69 Å². The van der Waals surface area contributed by atoms with Crippen LogP contribution >= 0.6 is 0 Å². The summed E-state index contributed by atoms with van der Waals surface area (Å²) in [7, 11) is 10.2. The van der Waals surface area contributed by atoms with E-state index in [2.05, 4.69) is 54.2 Å². The van der Waals surface area contributed by atoms with Crippen molar-refractivity contribution < 1.29 is 4.79 Å². The van der Waals surface area contributed by atoms with Crippen molar-refractivity contribution >= 4 is 11.6 Å². The van der Waals surface area contributed by atoms with Gasteiger partial charge in [0.15, 0.2) is 0 Å². The summed E-state index contributed by atoms with van der Waals surface area (Å²) in [5.41, 5.74) is 4.55. The molecule has 1 aliphatic heterocycles. The van der Waals surface area contributed by atoms with E-state index in [0.717, 1.165) is 49.4 Å². The van der Waals surface area contributed by atoms with Gasteiger partial charge in [0.05, 0.1) is 17.8 Å². The standard InChI is InChI=1S/C22H33N5O/c1-24(2)16-20-14-21(23-26(20)5)18-7-6-12-27(15-18)22(28)13-17-8-10-19(11-9-17)25(3)4/h8-11,14,18H,6-7,12-13,15-16H2,1-5H3. The summed E-state index contributed by atoms with van der Waals surface area (Å²) >= 11 is 0.